The fourth-order valence-electron chi connectivity index (χ4n) is 3.05. The van der Waals surface area contributed by atoms with E-state index in [0.29, 0.717) is 11.0 Å². The Bertz CT molecular complexity index is 1320. The normalized spacial score (nSPS) is 11.7. The van der Waals surface area contributed by atoms with E-state index in [4.69, 9.17) is 0 Å². The lowest BCUT2D eigenvalue weighted by atomic mass is 10.1. The van der Waals surface area contributed by atoms with Crippen LogP contribution in [-0.4, -0.2) is 48.2 Å². The Morgan fingerprint density at radius 1 is 1.26 bits per heavy atom. The first kappa shape index (κ1) is 20.6. The zero-order valence-corrected chi connectivity index (χ0v) is 16.6. The third-order valence-corrected chi connectivity index (χ3v) is 4.28. The first-order chi connectivity index (χ1) is 14.7. The number of aromatic nitrogens is 5. The number of alkyl halides is 2. The van der Waals surface area contributed by atoms with Gasteiger partial charge < -0.3 is 10.0 Å². The first-order valence-electron chi connectivity index (χ1n) is 9.27. The van der Waals surface area contributed by atoms with Gasteiger partial charge in [-0.1, -0.05) is 11.8 Å². The lowest BCUT2D eigenvalue weighted by molar-refractivity contribution is 0.143. The van der Waals surface area contributed by atoms with E-state index in [2.05, 4.69) is 32.0 Å². The molecule has 0 aliphatic heterocycles. The number of nitrogens with zero attached hydrogens (tertiary/aromatic N) is 6. The molecule has 1 N–H and O–H groups in total. The van der Waals surface area contributed by atoms with Gasteiger partial charge in [0.05, 0.1) is 12.1 Å². The van der Waals surface area contributed by atoms with Crippen LogP contribution in [0.2, 0.25) is 0 Å². The summed E-state index contributed by atoms with van der Waals surface area (Å²) in [6.07, 6.45) is 0.208. The minimum absolute atomic E-state index is 0.0865. The predicted molar refractivity (Wildman–Crippen MR) is 109 cm³/mol. The number of benzene rings is 1. The Morgan fingerprint density at radius 2 is 2.06 bits per heavy atom. The standard InChI is InChI=1S/C21H17F3N6O/c1-21(2,31)6-5-13-8-14(22)10-15(9-13)29(11-17(23)24)19-18-16(4-3-7-25-18)30-12-26-28-20(30)27-19/h3-4,7-10,12,17,31H,11H2,1-2H3. The second-order valence-electron chi connectivity index (χ2n) is 7.32. The highest BCUT2D eigenvalue weighted by molar-refractivity contribution is 5.90. The number of fused-ring (bicyclic) bond motifs is 3. The van der Waals surface area contributed by atoms with Crippen LogP contribution in [0.15, 0.2) is 42.9 Å². The van der Waals surface area contributed by atoms with E-state index in [0.717, 1.165) is 12.1 Å². The SMILES string of the molecule is CC(C)(O)C#Cc1cc(F)cc(N(CC(F)F)c2nc3nncn3c3cccnc23)c1. The van der Waals surface area contributed by atoms with Crippen molar-refractivity contribution in [1.82, 2.24) is 24.6 Å². The molecule has 31 heavy (non-hydrogen) atoms. The minimum atomic E-state index is -2.75. The molecule has 1 aromatic carbocycles. The van der Waals surface area contributed by atoms with E-state index in [1.54, 1.807) is 16.5 Å². The molecule has 0 radical (unpaired) electrons. The van der Waals surface area contributed by atoms with Crippen molar-refractivity contribution in [3.63, 3.8) is 0 Å². The molecule has 4 aromatic rings. The molecule has 0 unspecified atom stereocenters. The van der Waals surface area contributed by atoms with Crippen LogP contribution in [0, 0.1) is 17.7 Å². The number of halogens is 3. The fourth-order valence-corrected chi connectivity index (χ4v) is 3.05. The molecule has 0 aliphatic carbocycles. The molecule has 0 atom stereocenters. The van der Waals surface area contributed by atoms with Crippen LogP contribution in [0.25, 0.3) is 16.8 Å². The molecule has 0 bridgehead atoms. The third-order valence-electron chi connectivity index (χ3n) is 4.28. The molecule has 0 fully saturated rings. The molecule has 0 amide bonds. The highest BCUT2D eigenvalue weighted by Crippen LogP contribution is 2.31. The summed E-state index contributed by atoms with van der Waals surface area (Å²) in [7, 11) is 0. The molecule has 4 rings (SSSR count). The lowest BCUT2D eigenvalue weighted by Gasteiger charge is -2.24. The van der Waals surface area contributed by atoms with Gasteiger partial charge in [0.25, 0.3) is 12.2 Å². The molecule has 3 aromatic heterocycles. The monoisotopic (exact) mass is 426 g/mol. The minimum Gasteiger partial charge on any atom is -0.378 e. The maximum Gasteiger partial charge on any atom is 0.257 e. The smallest absolute Gasteiger partial charge is 0.257 e. The van der Waals surface area contributed by atoms with E-state index in [9.17, 15) is 18.3 Å². The Hall–Kier alpha value is -3.71. The van der Waals surface area contributed by atoms with Crippen molar-refractivity contribution in [2.45, 2.75) is 25.9 Å². The van der Waals surface area contributed by atoms with Crippen molar-refractivity contribution in [2.75, 3.05) is 11.4 Å². The molecule has 10 heteroatoms. The highest BCUT2D eigenvalue weighted by atomic mass is 19.3. The van der Waals surface area contributed by atoms with Crippen LogP contribution in [0.4, 0.5) is 24.7 Å². The largest absolute Gasteiger partial charge is 0.378 e. The molecule has 158 valence electrons. The first-order valence-corrected chi connectivity index (χ1v) is 9.27. The summed E-state index contributed by atoms with van der Waals surface area (Å²) in [4.78, 5) is 9.83. The van der Waals surface area contributed by atoms with Crippen molar-refractivity contribution in [2.24, 2.45) is 0 Å². The Kier molecular flexibility index (Phi) is 5.20. The number of hydrogen-bond donors (Lipinski definition) is 1. The topological polar surface area (TPSA) is 79.4 Å². The van der Waals surface area contributed by atoms with Gasteiger partial charge in [-0.2, -0.15) is 4.98 Å². The number of aliphatic hydroxyl groups is 1. The summed E-state index contributed by atoms with van der Waals surface area (Å²) in [6, 6.07) is 7.15. The molecule has 7 nitrogen and oxygen atoms in total. The molecule has 0 saturated heterocycles. The van der Waals surface area contributed by atoms with Crippen LogP contribution in [0.5, 0.6) is 0 Å². The van der Waals surface area contributed by atoms with Gasteiger partial charge in [-0.05, 0) is 44.2 Å². The van der Waals surface area contributed by atoms with E-state index >= 15 is 0 Å². The molecular weight excluding hydrogens is 409 g/mol. The van der Waals surface area contributed by atoms with Crippen molar-refractivity contribution in [3.05, 3.63) is 54.2 Å². The van der Waals surface area contributed by atoms with E-state index in [1.807, 2.05) is 0 Å². The maximum absolute atomic E-state index is 14.4. The summed E-state index contributed by atoms with van der Waals surface area (Å²) in [5, 5.41) is 17.5. The molecule has 0 aliphatic rings. The quantitative estimate of drug-likeness (QED) is 0.505. The predicted octanol–water partition coefficient (Wildman–Crippen LogP) is 3.34. The van der Waals surface area contributed by atoms with Gasteiger partial charge >= 0.3 is 0 Å². The van der Waals surface area contributed by atoms with Crippen molar-refractivity contribution < 1.29 is 18.3 Å². The van der Waals surface area contributed by atoms with Crippen LogP contribution in [0.1, 0.15) is 19.4 Å². The van der Waals surface area contributed by atoms with Crippen LogP contribution in [-0.2, 0) is 0 Å². The van der Waals surface area contributed by atoms with Crippen molar-refractivity contribution in [1.29, 1.82) is 0 Å². The Morgan fingerprint density at radius 3 is 2.81 bits per heavy atom. The van der Waals surface area contributed by atoms with Crippen LogP contribution < -0.4 is 4.90 Å². The molecular formula is C21H17F3N6O. The van der Waals surface area contributed by atoms with Gasteiger partial charge in [0, 0.05) is 17.4 Å². The van der Waals surface area contributed by atoms with Crippen LogP contribution in [0.3, 0.4) is 0 Å². The van der Waals surface area contributed by atoms with E-state index < -0.39 is 24.4 Å². The summed E-state index contributed by atoms with van der Waals surface area (Å²) in [6.45, 7) is 2.21. The zero-order chi connectivity index (χ0) is 22.2. The summed E-state index contributed by atoms with van der Waals surface area (Å²) in [5.74, 6) is 4.86. The van der Waals surface area contributed by atoms with E-state index in [-0.39, 0.29) is 22.8 Å². The van der Waals surface area contributed by atoms with Gasteiger partial charge in [-0.15, -0.1) is 10.2 Å². The second-order valence-corrected chi connectivity index (χ2v) is 7.32. The third kappa shape index (κ3) is 4.41. The number of rotatable bonds is 4. The maximum atomic E-state index is 14.4. The fraction of sp³-hybridized carbons (Fsp3) is 0.238. The van der Waals surface area contributed by atoms with Gasteiger partial charge in [-0.3, -0.25) is 9.38 Å². The highest BCUT2D eigenvalue weighted by Gasteiger charge is 2.22. The summed E-state index contributed by atoms with van der Waals surface area (Å²) >= 11 is 0. The van der Waals surface area contributed by atoms with Gasteiger partial charge in [0.15, 0.2) is 5.82 Å². The lowest BCUT2D eigenvalue weighted by Crippen LogP contribution is -2.26. The number of pyridine rings is 1. The van der Waals surface area contributed by atoms with Crippen molar-refractivity contribution in [3.8, 4) is 11.8 Å². The van der Waals surface area contributed by atoms with Gasteiger partial charge in [0.1, 0.15) is 23.3 Å². The summed E-state index contributed by atoms with van der Waals surface area (Å²) < 4.78 is 43.0. The Labute approximate surface area is 175 Å². The molecule has 3 heterocycles. The van der Waals surface area contributed by atoms with Crippen molar-refractivity contribution >= 4 is 28.3 Å². The van der Waals surface area contributed by atoms with Gasteiger partial charge in [-0.25, -0.2) is 13.2 Å². The Balaban J connectivity index is 1.93. The van der Waals surface area contributed by atoms with Crippen LogP contribution >= 0.6 is 0 Å². The average Bonchev–Trinajstić information content (AvgIpc) is 3.18. The molecule has 0 saturated carbocycles. The summed E-state index contributed by atoms with van der Waals surface area (Å²) in [5.41, 5.74) is -0.0786. The molecule has 0 spiro atoms. The second kappa shape index (κ2) is 7.85. The van der Waals surface area contributed by atoms with E-state index in [1.165, 1.54) is 37.3 Å². The zero-order valence-electron chi connectivity index (χ0n) is 16.6. The van der Waals surface area contributed by atoms with Gasteiger partial charge in [0.2, 0.25) is 0 Å². The number of hydrogen-bond acceptors (Lipinski definition) is 6. The average molecular weight is 426 g/mol. The number of anilines is 2.